The van der Waals surface area contributed by atoms with E-state index >= 15 is 0 Å². The number of carbonyl (C=O) groups is 1. The van der Waals surface area contributed by atoms with E-state index in [4.69, 9.17) is 4.74 Å². The fraction of sp³-hybridized carbons (Fsp3) is 0.583. The fourth-order valence-electron chi connectivity index (χ4n) is 1.40. The molecule has 0 aliphatic carbocycles. The molecule has 5 nitrogen and oxygen atoms in total. The molecule has 0 aliphatic heterocycles. The number of aliphatic hydroxyl groups is 1. The van der Waals surface area contributed by atoms with Crippen LogP contribution in [0.1, 0.15) is 24.7 Å². The molecule has 1 unspecified atom stereocenters. The van der Waals surface area contributed by atoms with Crippen molar-refractivity contribution >= 4 is 17.7 Å². The zero-order valence-electron chi connectivity index (χ0n) is 10.8. The van der Waals surface area contributed by atoms with Crippen LogP contribution in [0.4, 0.5) is 0 Å². The molecule has 0 amide bonds. The van der Waals surface area contributed by atoms with Crippen molar-refractivity contribution in [2.75, 3.05) is 12.4 Å². The van der Waals surface area contributed by atoms with Gasteiger partial charge in [0.15, 0.2) is 5.16 Å². The van der Waals surface area contributed by atoms with E-state index < -0.39 is 6.10 Å². The van der Waals surface area contributed by atoms with Crippen molar-refractivity contribution in [3.8, 4) is 0 Å². The van der Waals surface area contributed by atoms with Gasteiger partial charge in [-0.2, -0.15) is 0 Å². The lowest BCUT2D eigenvalue weighted by atomic mass is 10.3. The number of rotatable bonds is 6. The van der Waals surface area contributed by atoms with Gasteiger partial charge in [0, 0.05) is 17.1 Å². The molecule has 1 N–H and O–H groups in total. The second-order valence-corrected chi connectivity index (χ2v) is 4.89. The van der Waals surface area contributed by atoms with Crippen LogP contribution in [0.3, 0.4) is 0 Å². The van der Waals surface area contributed by atoms with Crippen molar-refractivity contribution < 1.29 is 14.6 Å². The number of ether oxygens (including phenoxy) is 1. The smallest absolute Gasteiger partial charge is 0.308 e. The highest BCUT2D eigenvalue weighted by Crippen LogP contribution is 2.16. The van der Waals surface area contributed by atoms with Gasteiger partial charge in [-0.1, -0.05) is 11.8 Å². The molecule has 0 aliphatic rings. The number of hydrogen-bond donors (Lipinski definition) is 1. The normalized spacial score (nSPS) is 12.2. The third-order valence-corrected chi connectivity index (χ3v) is 3.07. The van der Waals surface area contributed by atoms with Crippen molar-refractivity contribution in [2.45, 2.75) is 38.5 Å². The van der Waals surface area contributed by atoms with E-state index in [1.54, 1.807) is 6.92 Å². The molecule has 0 saturated carbocycles. The molecule has 1 aromatic heterocycles. The highest BCUT2D eigenvalue weighted by molar-refractivity contribution is 7.99. The maximum absolute atomic E-state index is 11.2. The largest absolute Gasteiger partial charge is 0.466 e. The topological polar surface area (TPSA) is 72.3 Å². The van der Waals surface area contributed by atoms with E-state index in [1.807, 2.05) is 19.9 Å². The lowest BCUT2D eigenvalue weighted by molar-refractivity contribution is -0.144. The summed E-state index contributed by atoms with van der Waals surface area (Å²) >= 11 is 1.34. The van der Waals surface area contributed by atoms with E-state index in [9.17, 15) is 9.90 Å². The molecule has 1 aromatic rings. The minimum atomic E-state index is -0.738. The van der Waals surface area contributed by atoms with Gasteiger partial charge in [0.05, 0.1) is 19.1 Å². The Morgan fingerprint density at radius 2 is 2.06 bits per heavy atom. The van der Waals surface area contributed by atoms with Crippen molar-refractivity contribution in [2.24, 2.45) is 0 Å². The minimum absolute atomic E-state index is 0.00559. The Balaban J connectivity index is 2.42. The van der Waals surface area contributed by atoms with Crippen LogP contribution in [-0.2, 0) is 9.53 Å². The SMILES string of the molecule is CCOC(=O)CC(O)CSc1nc(C)cc(C)n1. The summed E-state index contributed by atoms with van der Waals surface area (Å²) in [6.07, 6.45) is -0.732. The van der Waals surface area contributed by atoms with E-state index in [2.05, 4.69) is 9.97 Å². The Morgan fingerprint density at radius 3 is 2.61 bits per heavy atom. The Morgan fingerprint density at radius 1 is 1.44 bits per heavy atom. The van der Waals surface area contributed by atoms with Gasteiger partial charge in [-0.05, 0) is 26.8 Å². The van der Waals surface area contributed by atoms with Crippen LogP contribution in [0.5, 0.6) is 0 Å². The number of thioether (sulfide) groups is 1. The number of aromatic nitrogens is 2. The van der Waals surface area contributed by atoms with Crippen molar-refractivity contribution in [1.29, 1.82) is 0 Å². The third kappa shape index (κ3) is 5.46. The summed E-state index contributed by atoms with van der Waals surface area (Å²) in [4.78, 5) is 19.6. The van der Waals surface area contributed by atoms with E-state index in [-0.39, 0.29) is 12.4 Å². The van der Waals surface area contributed by atoms with Crippen LogP contribution in [0.25, 0.3) is 0 Å². The first-order valence-corrected chi connectivity index (χ1v) is 6.78. The first kappa shape index (κ1) is 14.9. The lowest BCUT2D eigenvalue weighted by Crippen LogP contribution is -2.18. The molecule has 0 bridgehead atoms. The Kier molecular flexibility index (Phi) is 6.07. The summed E-state index contributed by atoms with van der Waals surface area (Å²) in [5.41, 5.74) is 1.79. The zero-order chi connectivity index (χ0) is 13.5. The fourth-order valence-corrected chi connectivity index (χ4v) is 2.28. The molecule has 18 heavy (non-hydrogen) atoms. The molecular formula is C12H18N2O3S. The number of aryl methyl sites for hydroxylation is 2. The number of aliphatic hydroxyl groups excluding tert-OH is 1. The molecule has 1 rings (SSSR count). The standard InChI is InChI=1S/C12H18N2O3S/c1-4-17-11(16)6-10(15)7-18-12-13-8(2)5-9(3)14-12/h5,10,15H,4,6-7H2,1-3H3. The van der Waals surface area contributed by atoms with E-state index in [0.29, 0.717) is 17.5 Å². The van der Waals surface area contributed by atoms with Crippen molar-refractivity contribution in [3.05, 3.63) is 17.5 Å². The molecule has 0 aromatic carbocycles. The average molecular weight is 270 g/mol. The second kappa shape index (κ2) is 7.33. The maximum atomic E-state index is 11.2. The van der Waals surface area contributed by atoms with Crippen LogP contribution in [0.2, 0.25) is 0 Å². The van der Waals surface area contributed by atoms with Gasteiger partial charge in [0.1, 0.15) is 0 Å². The number of esters is 1. The van der Waals surface area contributed by atoms with Crippen molar-refractivity contribution in [1.82, 2.24) is 9.97 Å². The van der Waals surface area contributed by atoms with Gasteiger partial charge in [-0.25, -0.2) is 9.97 Å². The molecular weight excluding hydrogens is 252 g/mol. The molecule has 1 atom stereocenters. The van der Waals surface area contributed by atoms with Crippen LogP contribution in [0, 0.1) is 13.8 Å². The van der Waals surface area contributed by atoms with Crippen molar-refractivity contribution in [3.63, 3.8) is 0 Å². The van der Waals surface area contributed by atoms with E-state index in [0.717, 1.165) is 11.4 Å². The van der Waals surface area contributed by atoms with Gasteiger partial charge in [-0.3, -0.25) is 4.79 Å². The summed E-state index contributed by atoms with van der Waals surface area (Å²) < 4.78 is 4.76. The molecule has 0 radical (unpaired) electrons. The summed E-state index contributed by atoms with van der Waals surface area (Å²) in [6.45, 7) is 5.86. The lowest BCUT2D eigenvalue weighted by Gasteiger charge is -2.09. The summed E-state index contributed by atoms with van der Waals surface area (Å²) in [6, 6.07) is 1.89. The van der Waals surface area contributed by atoms with Gasteiger partial charge < -0.3 is 9.84 Å². The number of hydrogen-bond acceptors (Lipinski definition) is 6. The molecule has 100 valence electrons. The second-order valence-electron chi connectivity index (χ2n) is 3.91. The molecule has 0 spiro atoms. The Hall–Kier alpha value is -1.14. The highest BCUT2D eigenvalue weighted by Gasteiger charge is 2.13. The molecule has 1 heterocycles. The average Bonchev–Trinajstić information content (AvgIpc) is 2.25. The first-order chi connectivity index (χ1) is 8.51. The van der Waals surface area contributed by atoms with Crippen LogP contribution >= 0.6 is 11.8 Å². The van der Waals surface area contributed by atoms with Crippen LogP contribution < -0.4 is 0 Å². The predicted molar refractivity (Wildman–Crippen MR) is 69.5 cm³/mol. The summed E-state index contributed by atoms with van der Waals surface area (Å²) in [7, 11) is 0. The molecule has 0 saturated heterocycles. The first-order valence-electron chi connectivity index (χ1n) is 5.80. The molecule has 0 fully saturated rings. The van der Waals surface area contributed by atoms with Crippen LogP contribution in [-0.4, -0.2) is 39.5 Å². The maximum Gasteiger partial charge on any atom is 0.308 e. The summed E-state index contributed by atoms with van der Waals surface area (Å²) in [5, 5.41) is 10.3. The zero-order valence-corrected chi connectivity index (χ0v) is 11.7. The van der Waals surface area contributed by atoms with Gasteiger partial charge >= 0.3 is 5.97 Å². The Bertz CT molecular complexity index is 392. The van der Waals surface area contributed by atoms with Gasteiger partial charge in [-0.15, -0.1) is 0 Å². The monoisotopic (exact) mass is 270 g/mol. The van der Waals surface area contributed by atoms with Gasteiger partial charge in [0.25, 0.3) is 0 Å². The number of nitrogens with zero attached hydrogens (tertiary/aromatic N) is 2. The molecule has 6 heteroatoms. The number of carbonyl (C=O) groups excluding carboxylic acids is 1. The van der Waals surface area contributed by atoms with E-state index in [1.165, 1.54) is 11.8 Å². The highest BCUT2D eigenvalue weighted by atomic mass is 32.2. The predicted octanol–water partition coefficient (Wildman–Crippen LogP) is 1.50. The minimum Gasteiger partial charge on any atom is -0.466 e. The third-order valence-electron chi connectivity index (χ3n) is 2.07. The quantitative estimate of drug-likeness (QED) is 0.480. The van der Waals surface area contributed by atoms with Crippen LogP contribution in [0.15, 0.2) is 11.2 Å². The van der Waals surface area contributed by atoms with Gasteiger partial charge in [0.2, 0.25) is 0 Å². The Labute approximate surface area is 111 Å². The summed E-state index contributed by atoms with van der Waals surface area (Å²) in [5.74, 6) is -0.00577.